The predicted molar refractivity (Wildman–Crippen MR) is 203 cm³/mol. The van der Waals surface area contributed by atoms with Crippen LogP contribution in [0.2, 0.25) is 0 Å². The zero-order valence-electron chi connectivity index (χ0n) is 32.5. The van der Waals surface area contributed by atoms with E-state index in [9.17, 15) is 19.2 Å². The minimum absolute atomic E-state index is 0.0787. The molecule has 0 unspecified atom stereocenters. The Bertz CT molecular complexity index is 894. The van der Waals surface area contributed by atoms with Crippen LogP contribution in [0.25, 0.3) is 0 Å². The maximum atomic E-state index is 10.7. The van der Waals surface area contributed by atoms with Crippen LogP contribution in [-0.4, -0.2) is 59.6 Å². The summed E-state index contributed by atoms with van der Waals surface area (Å²) in [6, 6.07) is 0. The van der Waals surface area contributed by atoms with Gasteiger partial charge >= 0.3 is 0 Å². The molecule has 1 aliphatic heterocycles. The van der Waals surface area contributed by atoms with E-state index in [2.05, 4.69) is 38.0 Å². The predicted octanol–water partition coefficient (Wildman–Crippen LogP) is 10.2. The van der Waals surface area contributed by atoms with Gasteiger partial charge in [0.15, 0.2) is 5.13 Å². The van der Waals surface area contributed by atoms with E-state index < -0.39 is 0 Å². The SMILES string of the molecule is CC(=O)N1CCOCC1.CC(=O)Nc1nccs1.CC(C)=O.CC(C)=O.CC1CC1.CC1CCC1.CC1CCCC1.CC1CCCCC1. The Balaban J connectivity index is 0. The number of rotatable bonds is 1. The van der Waals surface area contributed by atoms with Crippen molar-refractivity contribution in [2.24, 2.45) is 23.7 Å². The third kappa shape index (κ3) is 40.0. The fraction of sp³-hybridized carbons (Fsp3) is 0.821. The number of ketones is 2. The molecule has 1 aromatic rings. The largest absolute Gasteiger partial charge is 0.378 e. The molecular weight excluding hydrogens is 623 g/mol. The number of morpholine rings is 1. The number of carbonyl (C=O) groups is 4. The lowest BCUT2D eigenvalue weighted by Crippen LogP contribution is -2.39. The highest BCUT2D eigenvalue weighted by Crippen LogP contribution is 2.27. The summed E-state index contributed by atoms with van der Waals surface area (Å²) in [7, 11) is 0. The quantitative estimate of drug-likeness (QED) is 0.313. The molecule has 4 saturated carbocycles. The Kier molecular flexibility index (Phi) is 32.1. The molecule has 0 bridgehead atoms. The van der Waals surface area contributed by atoms with Crippen molar-refractivity contribution in [1.29, 1.82) is 0 Å². The summed E-state index contributed by atoms with van der Waals surface area (Å²) in [5.74, 6) is 4.64. The van der Waals surface area contributed by atoms with Crippen LogP contribution >= 0.6 is 11.3 Å². The van der Waals surface area contributed by atoms with Gasteiger partial charge in [-0.25, -0.2) is 4.98 Å². The Labute approximate surface area is 299 Å². The molecule has 6 rings (SSSR count). The monoisotopic (exact) mass is 696 g/mol. The number of carbonyl (C=O) groups excluding carboxylic acids is 4. The van der Waals surface area contributed by atoms with E-state index in [0.717, 1.165) is 36.8 Å². The van der Waals surface area contributed by atoms with Crippen molar-refractivity contribution in [3.63, 3.8) is 0 Å². The first-order valence-corrected chi connectivity index (χ1v) is 19.5. The summed E-state index contributed by atoms with van der Waals surface area (Å²) in [6.45, 7) is 21.4. The first-order chi connectivity index (χ1) is 22.6. The van der Waals surface area contributed by atoms with Gasteiger partial charge in [0.05, 0.1) is 13.2 Å². The molecule has 5 fully saturated rings. The molecule has 0 aromatic carbocycles. The molecule has 1 N–H and O–H groups in total. The second kappa shape index (κ2) is 32.1. The average Bonchev–Trinajstić information content (AvgIpc) is 3.38. The molecule has 8 nitrogen and oxygen atoms in total. The third-order valence-electron chi connectivity index (χ3n) is 7.97. The first kappa shape index (κ1) is 48.0. The van der Waals surface area contributed by atoms with Crippen LogP contribution in [0.4, 0.5) is 5.13 Å². The topological polar surface area (TPSA) is 106 Å². The molecule has 5 aliphatic rings. The molecule has 1 saturated heterocycles. The number of anilines is 1. The number of Topliss-reactive ketones (excluding diaryl/α,β-unsaturated/α-hetero) is 2. The van der Waals surface area contributed by atoms with Crippen LogP contribution in [0.15, 0.2) is 11.6 Å². The van der Waals surface area contributed by atoms with Crippen molar-refractivity contribution in [3.05, 3.63) is 11.6 Å². The number of nitrogens with zero attached hydrogens (tertiary/aromatic N) is 2. The van der Waals surface area contributed by atoms with E-state index in [1.54, 1.807) is 18.0 Å². The van der Waals surface area contributed by atoms with Gasteiger partial charge < -0.3 is 24.5 Å². The number of ether oxygens (including phenoxy) is 1. The van der Waals surface area contributed by atoms with E-state index in [-0.39, 0.29) is 23.4 Å². The van der Waals surface area contributed by atoms with Gasteiger partial charge in [-0.15, -0.1) is 11.3 Å². The number of hydrogen-bond acceptors (Lipinski definition) is 7. The number of nitrogens with one attached hydrogen (secondary N) is 1. The zero-order chi connectivity index (χ0) is 36.7. The van der Waals surface area contributed by atoms with Gasteiger partial charge in [-0.1, -0.05) is 118 Å². The van der Waals surface area contributed by atoms with E-state index in [0.29, 0.717) is 18.3 Å². The van der Waals surface area contributed by atoms with Crippen LogP contribution < -0.4 is 5.32 Å². The van der Waals surface area contributed by atoms with Gasteiger partial charge in [-0.2, -0.15) is 0 Å². The molecule has 0 radical (unpaired) electrons. The van der Waals surface area contributed by atoms with Crippen molar-refractivity contribution in [2.75, 3.05) is 31.6 Å². The number of amides is 2. The summed E-state index contributed by atoms with van der Waals surface area (Å²) < 4.78 is 5.06. The lowest BCUT2D eigenvalue weighted by Gasteiger charge is -2.25. The van der Waals surface area contributed by atoms with Gasteiger partial charge in [0.25, 0.3) is 0 Å². The van der Waals surface area contributed by atoms with Crippen LogP contribution in [0, 0.1) is 23.7 Å². The summed E-state index contributed by atoms with van der Waals surface area (Å²) in [4.78, 5) is 45.6. The maximum absolute atomic E-state index is 10.7. The smallest absolute Gasteiger partial charge is 0.223 e. The molecule has 9 heteroatoms. The van der Waals surface area contributed by atoms with Crippen LogP contribution in [0.5, 0.6) is 0 Å². The second-order valence-corrected chi connectivity index (χ2v) is 15.2. The fourth-order valence-electron chi connectivity index (χ4n) is 4.53. The lowest BCUT2D eigenvalue weighted by molar-refractivity contribution is -0.132. The average molecular weight is 696 g/mol. The molecule has 1 aromatic heterocycles. The highest BCUT2D eigenvalue weighted by molar-refractivity contribution is 7.13. The highest BCUT2D eigenvalue weighted by atomic mass is 32.1. The Hall–Kier alpha value is -2.13. The van der Waals surface area contributed by atoms with Crippen molar-refractivity contribution < 1.29 is 23.9 Å². The summed E-state index contributed by atoms with van der Waals surface area (Å²) >= 11 is 1.41. The maximum Gasteiger partial charge on any atom is 0.223 e. The molecule has 0 atom stereocenters. The van der Waals surface area contributed by atoms with Gasteiger partial charge in [0.2, 0.25) is 11.8 Å². The minimum atomic E-state index is -0.0787. The summed E-state index contributed by atoms with van der Waals surface area (Å²) in [6.07, 6.45) is 22.5. The van der Waals surface area contributed by atoms with Gasteiger partial charge in [-0.05, 0) is 51.4 Å². The van der Waals surface area contributed by atoms with Crippen molar-refractivity contribution >= 4 is 39.8 Å². The van der Waals surface area contributed by atoms with E-state index in [1.807, 2.05) is 5.38 Å². The second-order valence-electron chi connectivity index (χ2n) is 14.3. The minimum Gasteiger partial charge on any atom is -0.378 e. The van der Waals surface area contributed by atoms with E-state index >= 15 is 0 Å². The number of thiazole rings is 1. The Morgan fingerprint density at radius 2 is 1.02 bits per heavy atom. The summed E-state index contributed by atoms with van der Waals surface area (Å²) in [5.41, 5.74) is 0. The van der Waals surface area contributed by atoms with Gasteiger partial charge in [0.1, 0.15) is 11.6 Å². The van der Waals surface area contributed by atoms with Crippen molar-refractivity contribution in [3.8, 4) is 0 Å². The van der Waals surface area contributed by atoms with E-state index in [1.165, 1.54) is 136 Å². The molecule has 2 heterocycles. The standard InChI is InChI=1S/C7H14.C6H11NO2.C6H12.C5H6N2OS.C5H10.C4H8.2C3H6O/c1-7-5-3-2-4-6-7;1-6(8)7-2-4-9-5-3-7;1-6-4-2-3-5-6;1-4(8)7-5-6-2-3-9-5;1-5-3-2-4-5;1-4-2-3-4;2*1-3(2)4/h7H,2-6H2,1H3;2-5H2,1H3;6H,2-5H2,1H3;2-3H,1H3,(H,6,7,8);5H,2-4H2,1H3;4H,2-3H2,1H3;2*1-2H3. The molecule has 2 amide bonds. The Morgan fingerprint density at radius 1 is 0.646 bits per heavy atom. The Morgan fingerprint density at radius 3 is 1.21 bits per heavy atom. The van der Waals surface area contributed by atoms with Crippen molar-refractivity contribution in [2.45, 2.75) is 159 Å². The lowest BCUT2D eigenvalue weighted by atomic mass is 9.88. The molecule has 4 aliphatic carbocycles. The number of hydrogen-bond donors (Lipinski definition) is 1. The van der Waals surface area contributed by atoms with Gasteiger partial charge in [0, 0.05) is 38.5 Å². The number of aromatic nitrogens is 1. The van der Waals surface area contributed by atoms with Crippen molar-refractivity contribution in [1.82, 2.24) is 9.88 Å². The fourth-order valence-corrected chi connectivity index (χ4v) is 5.10. The van der Waals surface area contributed by atoms with E-state index in [4.69, 9.17) is 4.74 Å². The summed E-state index contributed by atoms with van der Waals surface area (Å²) in [5, 5.41) is 5.02. The zero-order valence-corrected chi connectivity index (χ0v) is 33.4. The molecular formula is C39H73N3O5S. The van der Waals surface area contributed by atoms with Crippen LogP contribution in [0.1, 0.15) is 159 Å². The molecule has 48 heavy (non-hydrogen) atoms. The van der Waals surface area contributed by atoms with Crippen LogP contribution in [-0.2, 0) is 23.9 Å². The van der Waals surface area contributed by atoms with Crippen LogP contribution in [0.3, 0.4) is 0 Å². The normalized spacial score (nSPS) is 18.2. The third-order valence-corrected chi connectivity index (χ3v) is 8.66. The molecule has 0 spiro atoms. The van der Waals surface area contributed by atoms with Gasteiger partial charge in [-0.3, -0.25) is 9.59 Å². The first-order valence-electron chi connectivity index (χ1n) is 18.6. The highest BCUT2D eigenvalue weighted by Gasteiger charge is 2.13. The molecule has 280 valence electrons.